The smallest absolute Gasteiger partial charge is 0.272 e. The van der Waals surface area contributed by atoms with Crippen LogP contribution in [0.2, 0.25) is 5.02 Å². The monoisotopic (exact) mass is 402 g/mol. The van der Waals surface area contributed by atoms with Crippen molar-refractivity contribution in [1.82, 2.24) is 14.9 Å². The van der Waals surface area contributed by atoms with E-state index >= 15 is 0 Å². The highest BCUT2D eigenvalue weighted by molar-refractivity contribution is 7.18. The highest BCUT2D eigenvalue weighted by Crippen LogP contribution is 2.37. The molecule has 3 heterocycles. The number of anilines is 1. The maximum atomic E-state index is 13.0. The van der Waals surface area contributed by atoms with Gasteiger partial charge in [0.15, 0.2) is 0 Å². The summed E-state index contributed by atoms with van der Waals surface area (Å²) in [5, 5.41) is 4.43. The average molecular weight is 403 g/mol. The number of carbonyl (C=O) groups is 1. The van der Waals surface area contributed by atoms with Gasteiger partial charge < -0.3 is 15.0 Å². The van der Waals surface area contributed by atoms with E-state index in [2.05, 4.69) is 20.2 Å². The Labute approximate surface area is 165 Å². The molecule has 2 atom stereocenters. The highest BCUT2D eigenvalue weighted by Gasteiger charge is 2.46. The standard InChI is InChI=1S/C19H19ClN4O2S/c1-10-21-18-17(27-10)11(9-24-6-7-26-15-8-14(15)24)16(23-18)19(25)22-13-5-3-2-4-12(13)20/h2-5,14-15,23H,6-9H2,1H3,(H,22,25). The minimum Gasteiger partial charge on any atom is -0.375 e. The molecule has 0 bridgehead atoms. The number of morpholine rings is 1. The predicted octanol–water partition coefficient (Wildman–Crippen LogP) is 3.81. The summed E-state index contributed by atoms with van der Waals surface area (Å²) in [6, 6.07) is 7.71. The third-order valence-corrected chi connectivity index (χ3v) is 6.50. The van der Waals surface area contributed by atoms with E-state index in [1.165, 1.54) is 0 Å². The number of thiazole rings is 1. The van der Waals surface area contributed by atoms with E-state index in [1.807, 2.05) is 19.1 Å². The lowest BCUT2D eigenvalue weighted by Crippen LogP contribution is -2.36. The van der Waals surface area contributed by atoms with Gasteiger partial charge in [-0.3, -0.25) is 9.69 Å². The van der Waals surface area contributed by atoms with Gasteiger partial charge in [0, 0.05) is 24.7 Å². The Hall–Kier alpha value is -1.93. The van der Waals surface area contributed by atoms with E-state index in [4.69, 9.17) is 16.3 Å². The number of ether oxygens (including phenoxy) is 1. The van der Waals surface area contributed by atoms with E-state index in [1.54, 1.807) is 23.5 Å². The van der Waals surface area contributed by atoms with Crippen LogP contribution in [0.4, 0.5) is 5.69 Å². The van der Waals surface area contributed by atoms with Crippen LogP contribution < -0.4 is 5.32 Å². The van der Waals surface area contributed by atoms with Crippen LogP contribution >= 0.6 is 22.9 Å². The van der Waals surface area contributed by atoms with E-state index in [0.717, 1.165) is 47.0 Å². The van der Waals surface area contributed by atoms with Crippen LogP contribution in [-0.4, -0.2) is 46.1 Å². The molecule has 2 N–H and O–H groups in total. The molecule has 2 unspecified atom stereocenters. The zero-order chi connectivity index (χ0) is 18.5. The van der Waals surface area contributed by atoms with Crippen molar-refractivity contribution < 1.29 is 9.53 Å². The van der Waals surface area contributed by atoms with Crippen molar-refractivity contribution >= 4 is 44.9 Å². The van der Waals surface area contributed by atoms with Crippen LogP contribution in [0.15, 0.2) is 24.3 Å². The maximum absolute atomic E-state index is 13.0. The van der Waals surface area contributed by atoms with Crippen LogP contribution in [0.3, 0.4) is 0 Å². The van der Waals surface area contributed by atoms with Gasteiger partial charge >= 0.3 is 0 Å². The molecule has 2 fully saturated rings. The van der Waals surface area contributed by atoms with Crippen molar-refractivity contribution in [2.24, 2.45) is 0 Å². The van der Waals surface area contributed by atoms with Crippen LogP contribution in [0.25, 0.3) is 10.3 Å². The SMILES string of the molecule is Cc1nc2[nH]c(C(=O)Nc3ccccc3Cl)c(CN3CCOC4CC43)c2s1. The zero-order valence-electron chi connectivity index (χ0n) is 14.8. The lowest BCUT2D eigenvalue weighted by atomic mass is 10.2. The Kier molecular flexibility index (Phi) is 4.20. The van der Waals surface area contributed by atoms with Crippen molar-refractivity contribution in [2.45, 2.75) is 32.0 Å². The summed E-state index contributed by atoms with van der Waals surface area (Å²) in [6.07, 6.45) is 1.44. The van der Waals surface area contributed by atoms with Crippen LogP contribution in [0.1, 0.15) is 27.5 Å². The van der Waals surface area contributed by atoms with Gasteiger partial charge in [-0.2, -0.15) is 0 Å². The molecule has 1 amide bonds. The predicted molar refractivity (Wildman–Crippen MR) is 107 cm³/mol. The Balaban J connectivity index is 1.48. The fraction of sp³-hybridized carbons (Fsp3) is 0.368. The molecular weight excluding hydrogens is 384 g/mol. The number of fused-ring (bicyclic) bond motifs is 2. The second kappa shape index (κ2) is 6.60. The average Bonchev–Trinajstić information content (AvgIpc) is 3.26. The number of nitrogens with one attached hydrogen (secondary N) is 2. The number of benzene rings is 1. The molecule has 8 heteroatoms. The number of hydrogen-bond acceptors (Lipinski definition) is 5. The van der Waals surface area contributed by atoms with Gasteiger partial charge in [0.1, 0.15) is 11.3 Å². The zero-order valence-corrected chi connectivity index (χ0v) is 16.4. The number of hydrogen-bond donors (Lipinski definition) is 2. The van der Waals surface area contributed by atoms with Gasteiger partial charge in [0.05, 0.1) is 33.1 Å². The molecule has 2 aromatic heterocycles. The molecule has 1 saturated heterocycles. The number of rotatable bonds is 4. The molecule has 3 aromatic rings. The van der Waals surface area contributed by atoms with Gasteiger partial charge in [-0.05, 0) is 25.5 Å². The summed E-state index contributed by atoms with van der Waals surface area (Å²) in [5.74, 6) is -0.193. The van der Waals surface area contributed by atoms with Gasteiger partial charge in [0.2, 0.25) is 0 Å². The third-order valence-electron chi connectivity index (χ3n) is 5.14. The summed E-state index contributed by atoms with van der Waals surface area (Å²) in [7, 11) is 0. The summed E-state index contributed by atoms with van der Waals surface area (Å²) >= 11 is 7.82. The molecule has 5 rings (SSSR count). The summed E-state index contributed by atoms with van der Waals surface area (Å²) in [5.41, 5.74) is 2.95. The molecule has 6 nitrogen and oxygen atoms in total. The van der Waals surface area contributed by atoms with Gasteiger partial charge in [-0.25, -0.2) is 4.98 Å². The molecule has 140 valence electrons. The van der Waals surface area contributed by atoms with Crippen molar-refractivity contribution in [1.29, 1.82) is 0 Å². The Bertz CT molecular complexity index is 1030. The number of para-hydroxylation sites is 1. The lowest BCUT2D eigenvalue weighted by Gasteiger charge is -2.26. The number of aromatic nitrogens is 2. The van der Waals surface area contributed by atoms with E-state index in [9.17, 15) is 4.79 Å². The number of amides is 1. The molecule has 1 aromatic carbocycles. The molecule has 0 radical (unpaired) electrons. The second-order valence-corrected chi connectivity index (χ2v) is 8.62. The summed E-state index contributed by atoms with van der Waals surface area (Å²) in [6.45, 7) is 4.34. The van der Waals surface area contributed by atoms with Crippen molar-refractivity contribution in [3.8, 4) is 0 Å². The number of carbonyl (C=O) groups excluding carboxylic acids is 1. The maximum Gasteiger partial charge on any atom is 0.272 e. The Morgan fingerprint density at radius 2 is 2.33 bits per heavy atom. The molecule has 1 saturated carbocycles. The quantitative estimate of drug-likeness (QED) is 0.696. The molecule has 0 spiro atoms. The molecule has 1 aliphatic carbocycles. The van der Waals surface area contributed by atoms with Gasteiger partial charge in [-0.1, -0.05) is 23.7 Å². The first-order chi connectivity index (χ1) is 13.1. The highest BCUT2D eigenvalue weighted by atomic mass is 35.5. The van der Waals surface area contributed by atoms with E-state index in [0.29, 0.717) is 28.5 Å². The van der Waals surface area contributed by atoms with E-state index < -0.39 is 0 Å². The number of aryl methyl sites for hydroxylation is 1. The molecular formula is C19H19ClN4O2S. The van der Waals surface area contributed by atoms with Crippen LogP contribution in [0, 0.1) is 6.92 Å². The topological polar surface area (TPSA) is 70.2 Å². The number of nitrogens with zero attached hydrogens (tertiary/aromatic N) is 2. The van der Waals surface area contributed by atoms with Gasteiger partial charge in [0.25, 0.3) is 5.91 Å². The fourth-order valence-corrected chi connectivity index (χ4v) is 4.82. The van der Waals surface area contributed by atoms with Crippen molar-refractivity contribution in [3.63, 3.8) is 0 Å². The lowest BCUT2D eigenvalue weighted by molar-refractivity contribution is 0.0279. The fourth-order valence-electron chi connectivity index (χ4n) is 3.73. The summed E-state index contributed by atoms with van der Waals surface area (Å²) < 4.78 is 6.77. The van der Waals surface area contributed by atoms with Crippen molar-refractivity contribution in [3.05, 3.63) is 45.6 Å². The molecule has 27 heavy (non-hydrogen) atoms. The molecule has 2 aliphatic rings. The normalized spacial score (nSPS) is 22.0. The largest absolute Gasteiger partial charge is 0.375 e. The number of aromatic amines is 1. The number of H-pyrrole nitrogens is 1. The third kappa shape index (κ3) is 3.14. The van der Waals surface area contributed by atoms with E-state index in [-0.39, 0.29) is 5.91 Å². The number of halogens is 1. The van der Waals surface area contributed by atoms with Crippen molar-refractivity contribution in [2.75, 3.05) is 18.5 Å². The Morgan fingerprint density at radius 1 is 1.48 bits per heavy atom. The van der Waals surface area contributed by atoms with Gasteiger partial charge in [-0.15, -0.1) is 11.3 Å². The van der Waals surface area contributed by atoms with Crippen LogP contribution in [0.5, 0.6) is 0 Å². The Morgan fingerprint density at radius 3 is 3.19 bits per heavy atom. The molecule has 1 aliphatic heterocycles. The first-order valence-electron chi connectivity index (χ1n) is 8.99. The first kappa shape index (κ1) is 17.2. The minimum absolute atomic E-state index is 0.193. The van der Waals surface area contributed by atoms with Crippen LogP contribution in [-0.2, 0) is 11.3 Å². The first-order valence-corrected chi connectivity index (χ1v) is 10.2. The minimum atomic E-state index is -0.193. The summed E-state index contributed by atoms with van der Waals surface area (Å²) in [4.78, 5) is 23.2. The second-order valence-electron chi connectivity index (χ2n) is 7.01.